The number of anilines is 2. The first kappa shape index (κ1) is 11.2. The molecule has 2 heterocycles. The molecule has 1 atom stereocenters. The van der Waals surface area contributed by atoms with Crippen LogP contribution in [-0.4, -0.2) is 38.0 Å². The van der Waals surface area contributed by atoms with Crippen molar-refractivity contribution in [3.8, 4) is 0 Å². The Morgan fingerprint density at radius 2 is 2.31 bits per heavy atom. The third kappa shape index (κ3) is 2.11. The fourth-order valence-electron chi connectivity index (χ4n) is 1.96. The third-order valence-corrected chi connectivity index (χ3v) is 4.66. The molecule has 0 radical (unpaired) electrons. The van der Waals surface area contributed by atoms with Crippen molar-refractivity contribution < 1.29 is 8.42 Å². The Morgan fingerprint density at radius 1 is 1.56 bits per heavy atom. The quantitative estimate of drug-likeness (QED) is 0.805. The first-order chi connectivity index (χ1) is 7.49. The molecule has 1 unspecified atom stereocenters. The van der Waals surface area contributed by atoms with Crippen molar-refractivity contribution >= 4 is 21.3 Å². The van der Waals surface area contributed by atoms with Crippen molar-refractivity contribution in [1.29, 1.82) is 0 Å². The zero-order chi connectivity index (χ0) is 11.8. The van der Waals surface area contributed by atoms with E-state index in [0.29, 0.717) is 17.9 Å². The maximum atomic E-state index is 11.4. The highest BCUT2D eigenvalue weighted by Crippen LogP contribution is 2.24. The van der Waals surface area contributed by atoms with Gasteiger partial charge in [0.1, 0.15) is 0 Å². The Labute approximate surface area is 95.2 Å². The normalized spacial score (nSPS) is 23.2. The Hall–Kier alpha value is -1.30. The summed E-state index contributed by atoms with van der Waals surface area (Å²) < 4.78 is 22.8. The number of nitrogen functional groups attached to an aromatic ring is 1. The SMILES string of the molecule is CN(c1ncccc1N)C1CCS(=O)(=O)C1. The molecule has 0 saturated carbocycles. The second-order valence-electron chi connectivity index (χ2n) is 4.08. The molecule has 0 spiro atoms. The van der Waals surface area contributed by atoms with Gasteiger partial charge in [0.2, 0.25) is 0 Å². The number of sulfone groups is 1. The van der Waals surface area contributed by atoms with Crippen molar-refractivity contribution in [3.63, 3.8) is 0 Å². The summed E-state index contributed by atoms with van der Waals surface area (Å²) in [4.78, 5) is 6.04. The second kappa shape index (κ2) is 3.93. The number of pyridine rings is 1. The van der Waals surface area contributed by atoms with E-state index in [9.17, 15) is 8.42 Å². The summed E-state index contributed by atoms with van der Waals surface area (Å²) in [5.74, 6) is 1.11. The molecule has 0 amide bonds. The Balaban J connectivity index is 2.21. The molecule has 16 heavy (non-hydrogen) atoms. The van der Waals surface area contributed by atoms with Crippen molar-refractivity contribution in [1.82, 2.24) is 4.98 Å². The van der Waals surface area contributed by atoms with E-state index in [2.05, 4.69) is 4.98 Å². The molecular formula is C10H15N3O2S. The zero-order valence-corrected chi connectivity index (χ0v) is 9.94. The highest BCUT2D eigenvalue weighted by atomic mass is 32.2. The van der Waals surface area contributed by atoms with Crippen LogP contribution >= 0.6 is 0 Å². The predicted molar refractivity (Wildman–Crippen MR) is 64.1 cm³/mol. The van der Waals surface area contributed by atoms with Crippen LogP contribution in [-0.2, 0) is 9.84 Å². The summed E-state index contributed by atoms with van der Waals surface area (Å²) in [5.41, 5.74) is 6.38. The molecule has 5 nitrogen and oxygen atoms in total. The summed E-state index contributed by atoms with van der Waals surface area (Å²) in [6.07, 6.45) is 2.31. The Bertz CT molecular complexity index is 487. The fraction of sp³-hybridized carbons (Fsp3) is 0.500. The van der Waals surface area contributed by atoms with Crippen LogP contribution in [0.5, 0.6) is 0 Å². The van der Waals surface area contributed by atoms with Crippen LogP contribution in [0, 0.1) is 0 Å². The predicted octanol–water partition coefficient (Wildman–Crippen LogP) is 0.287. The van der Waals surface area contributed by atoms with Gasteiger partial charge < -0.3 is 10.6 Å². The molecule has 1 aromatic rings. The highest BCUT2D eigenvalue weighted by Gasteiger charge is 2.31. The minimum atomic E-state index is -2.87. The third-order valence-electron chi connectivity index (χ3n) is 2.91. The Kier molecular flexibility index (Phi) is 2.75. The summed E-state index contributed by atoms with van der Waals surface area (Å²) in [6.45, 7) is 0. The highest BCUT2D eigenvalue weighted by molar-refractivity contribution is 7.91. The number of rotatable bonds is 2. The largest absolute Gasteiger partial charge is 0.396 e. The minimum absolute atomic E-state index is 0.0119. The molecule has 1 saturated heterocycles. The van der Waals surface area contributed by atoms with E-state index in [1.165, 1.54) is 0 Å². The summed E-state index contributed by atoms with van der Waals surface area (Å²) in [7, 11) is -1.03. The van der Waals surface area contributed by atoms with E-state index in [1.807, 2.05) is 11.9 Å². The molecule has 1 aliphatic rings. The number of aromatic nitrogens is 1. The lowest BCUT2D eigenvalue weighted by molar-refractivity contribution is 0.600. The van der Waals surface area contributed by atoms with Crippen LogP contribution in [0.25, 0.3) is 0 Å². The molecule has 2 N–H and O–H groups in total. The molecule has 88 valence electrons. The van der Waals surface area contributed by atoms with Crippen molar-refractivity contribution in [2.24, 2.45) is 0 Å². The first-order valence-electron chi connectivity index (χ1n) is 5.13. The van der Waals surface area contributed by atoms with Crippen LogP contribution in [0.15, 0.2) is 18.3 Å². The molecule has 2 rings (SSSR count). The first-order valence-corrected chi connectivity index (χ1v) is 6.95. The van der Waals surface area contributed by atoms with Gasteiger partial charge in [-0.1, -0.05) is 0 Å². The van der Waals surface area contributed by atoms with Gasteiger partial charge in [0.05, 0.1) is 17.2 Å². The summed E-state index contributed by atoms with van der Waals surface area (Å²) >= 11 is 0. The van der Waals surface area contributed by atoms with Crippen LogP contribution in [0.4, 0.5) is 11.5 Å². The number of hydrogen-bond donors (Lipinski definition) is 1. The van der Waals surface area contributed by atoms with Gasteiger partial charge in [-0.15, -0.1) is 0 Å². The van der Waals surface area contributed by atoms with Crippen LogP contribution in [0.3, 0.4) is 0 Å². The van der Waals surface area contributed by atoms with E-state index in [0.717, 1.165) is 0 Å². The summed E-state index contributed by atoms with van der Waals surface area (Å²) in [6, 6.07) is 3.52. The van der Waals surface area contributed by atoms with Crippen molar-refractivity contribution in [2.75, 3.05) is 29.2 Å². The molecule has 0 bridgehead atoms. The maximum Gasteiger partial charge on any atom is 0.152 e. The smallest absolute Gasteiger partial charge is 0.152 e. The van der Waals surface area contributed by atoms with E-state index in [4.69, 9.17) is 5.73 Å². The standard InChI is InChI=1S/C10H15N3O2S/c1-13(8-4-6-16(14,15)7-8)10-9(11)3-2-5-12-10/h2-3,5,8H,4,6-7,11H2,1H3. The van der Waals surface area contributed by atoms with Gasteiger partial charge >= 0.3 is 0 Å². The van der Waals surface area contributed by atoms with E-state index in [1.54, 1.807) is 18.3 Å². The van der Waals surface area contributed by atoms with E-state index in [-0.39, 0.29) is 17.5 Å². The van der Waals surface area contributed by atoms with Gasteiger partial charge in [-0.2, -0.15) is 0 Å². The molecule has 6 heteroatoms. The van der Waals surface area contributed by atoms with Gasteiger partial charge in [0.15, 0.2) is 15.7 Å². The van der Waals surface area contributed by atoms with Gasteiger partial charge in [0.25, 0.3) is 0 Å². The average molecular weight is 241 g/mol. The van der Waals surface area contributed by atoms with E-state index >= 15 is 0 Å². The fourth-order valence-corrected chi connectivity index (χ4v) is 3.73. The van der Waals surface area contributed by atoms with Crippen LogP contribution in [0.2, 0.25) is 0 Å². The molecule has 0 aromatic carbocycles. The lowest BCUT2D eigenvalue weighted by atomic mass is 10.2. The monoisotopic (exact) mass is 241 g/mol. The number of nitrogens with two attached hydrogens (primary N) is 1. The topological polar surface area (TPSA) is 76.3 Å². The number of nitrogens with zero attached hydrogens (tertiary/aromatic N) is 2. The van der Waals surface area contributed by atoms with Crippen molar-refractivity contribution in [2.45, 2.75) is 12.5 Å². The van der Waals surface area contributed by atoms with Crippen molar-refractivity contribution in [3.05, 3.63) is 18.3 Å². The van der Waals surface area contributed by atoms with Crippen LogP contribution < -0.4 is 10.6 Å². The molecule has 1 fully saturated rings. The Morgan fingerprint density at radius 3 is 2.88 bits per heavy atom. The number of hydrogen-bond acceptors (Lipinski definition) is 5. The minimum Gasteiger partial charge on any atom is -0.396 e. The average Bonchev–Trinajstić information content (AvgIpc) is 2.59. The molecule has 0 aliphatic carbocycles. The lowest BCUT2D eigenvalue weighted by Gasteiger charge is -2.25. The summed E-state index contributed by atoms with van der Waals surface area (Å²) in [5, 5.41) is 0. The maximum absolute atomic E-state index is 11.4. The zero-order valence-electron chi connectivity index (χ0n) is 9.13. The molecular weight excluding hydrogens is 226 g/mol. The van der Waals surface area contributed by atoms with Gasteiger partial charge in [-0.3, -0.25) is 0 Å². The molecule has 1 aliphatic heterocycles. The van der Waals surface area contributed by atoms with Gasteiger partial charge in [-0.05, 0) is 18.6 Å². The van der Waals surface area contributed by atoms with Gasteiger partial charge in [-0.25, -0.2) is 13.4 Å². The van der Waals surface area contributed by atoms with E-state index < -0.39 is 9.84 Å². The van der Waals surface area contributed by atoms with Crippen LogP contribution in [0.1, 0.15) is 6.42 Å². The lowest BCUT2D eigenvalue weighted by Crippen LogP contribution is -2.33. The molecule has 1 aromatic heterocycles. The van der Waals surface area contributed by atoms with Gasteiger partial charge in [0, 0.05) is 19.3 Å². The second-order valence-corrected chi connectivity index (χ2v) is 6.31.